The fourth-order valence-electron chi connectivity index (χ4n) is 2.18. The van der Waals surface area contributed by atoms with Crippen LogP contribution in [0.5, 0.6) is 0 Å². The molecule has 0 unspecified atom stereocenters. The Hall–Kier alpha value is -2.73. The van der Waals surface area contributed by atoms with Gasteiger partial charge in [0, 0.05) is 22.8 Å². The highest BCUT2D eigenvalue weighted by Gasteiger charge is 2.06. The van der Waals surface area contributed by atoms with Gasteiger partial charge in [-0.15, -0.1) is 0 Å². The molecule has 0 radical (unpaired) electrons. The van der Waals surface area contributed by atoms with Gasteiger partial charge in [-0.2, -0.15) is 4.98 Å². The van der Waals surface area contributed by atoms with Crippen LogP contribution in [-0.4, -0.2) is 15.0 Å². The number of fused-ring (bicyclic) bond motifs is 1. The Bertz CT molecular complexity index is 799. The van der Waals surface area contributed by atoms with Crippen molar-refractivity contribution in [1.82, 2.24) is 15.0 Å². The van der Waals surface area contributed by atoms with Crippen molar-refractivity contribution in [2.75, 3.05) is 10.7 Å². The molecule has 2 heterocycles. The molecule has 0 bridgehead atoms. The smallest absolute Gasteiger partial charge is 0.239 e. The van der Waals surface area contributed by atoms with Crippen LogP contribution in [0.15, 0.2) is 36.4 Å². The standard InChI is InChI=1S/C15H16N6/c1-9-6-7-11-4-3-5-12(14(11)17-9)19-13-8-10(2)18-15(20-13)21-16/h3-8H,16H2,1-2H3,(H2,18,19,20,21). The maximum absolute atomic E-state index is 5.38. The van der Waals surface area contributed by atoms with Gasteiger partial charge in [0.15, 0.2) is 0 Å². The third-order valence-electron chi connectivity index (χ3n) is 3.11. The van der Waals surface area contributed by atoms with Gasteiger partial charge in [0.1, 0.15) is 5.82 Å². The van der Waals surface area contributed by atoms with E-state index < -0.39 is 0 Å². The van der Waals surface area contributed by atoms with E-state index in [1.54, 1.807) is 0 Å². The minimum absolute atomic E-state index is 0.377. The summed E-state index contributed by atoms with van der Waals surface area (Å²) in [4.78, 5) is 13.0. The molecule has 106 valence electrons. The van der Waals surface area contributed by atoms with Crippen LogP contribution in [0.1, 0.15) is 11.4 Å². The number of nitrogens with two attached hydrogens (primary N) is 1. The number of hydrazine groups is 1. The van der Waals surface area contributed by atoms with Crippen LogP contribution < -0.4 is 16.6 Å². The molecule has 3 aromatic rings. The maximum Gasteiger partial charge on any atom is 0.239 e. The van der Waals surface area contributed by atoms with Crippen molar-refractivity contribution in [2.24, 2.45) is 5.84 Å². The van der Waals surface area contributed by atoms with E-state index in [9.17, 15) is 0 Å². The summed E-state index contributed by atoms with van der Waals surface area (Å²) in [6, 6.07) is 11.9. The third-order valence-corrected chi connectivity index (χ3v) is 3.11. The van der Waals surface area contributed by atoms with E-state index in [1.807, 2.05) is 44.2 Å². The average molecular weight is 280 g/mol. The number of rotatable bonds is 3. The number of nitrogens with zero attached hydrogens (tertiary/aromatic N) is 3. The molecule has 0 spiro atoms. The zero-order chi connectivity index (χ0) is 14.8. The van der Waals surface area contributed by atoms with Gasteiger partial charge in [-0.25, -0.2) is 10.8 Å². The normalized spacial score (nSPS) is 10.6. The Morgan fingerprint density at radius 1 is 0.952 bits per heavy atom. The second kappa shape index (κ2) is 5.34. The van der Waals surface area contributed by atoms with Gasteiger partial charge in [0.25, 0.3) is 0 Å². The SMILES string of the molecule is Cc1cc(Nc2cccc3ccc(C)nc23)nc(NN)n1. The summed E-state index contributed by atoms with van der Waals surface area (Å²) in [5.41, 5.74) is 6.07. The van der Waals surface area contributed by atoms with Gasteiger partial charge < -0.3 is 5.32 Å². The van der Waals surface area contributed by atoms with Crippen LogP contribution in [0.4, 0.5) is 17.5 Å². The summed E-state index contributed by atoms with van der Waals surface area (Å²) in [5, 5.41) is 4.36. The Labute approximate surface area is 122 Å². The number of benzene rings is 1. The molecule has 0 fully saturated rings. The van der Waals surface area contributed by atoms with Crippen molar-refractivity contribution in [3.05, 3.63) is 47.8 Å². The number of aryl methyl sites for hydroxylation is 2. The molecule has 6 heteroatoms. The van der Waals surface area contributed by atoms with Gasteiger partial charge in [-0.1, -0.05) is 18.2 Å². The minimum atomic E-state index is 0.377. The molecule has 0 atom stereocenters. The van der Waals surface area contributed by atoms with Crippen molar-refractivity contribution in [3.8, 4) is 0 Å². The topological polar surface area (TPSA) is 88.8 Å². The molecule has 4 N–H and O–H groups in total. The molecule has 6 nitrogen and oxygen atoms in total. The van der Waals surface area contributed by atoms with Crippen LogP contribution in [0, 0.1) is 13.8 Å². The second-order valence-corrected chi connectivity index (χ2v) is 4.82. The average Bonchev–Trinajstić information content (AvgIpc) is 2.47. The number of pyridine rings is 1. The molecule has 0 aliphatic carbocycles. The maximum atomic E-state index is 5.38. The van der Waals surface area contributed by atoms with Crippen LogP contribution in [-0.2, 0) is 0 Å². The Morgan fingerprint density at radius 2 is 1.81 bits per heavy atom. The van der Waals surface area contributed by atoms with Gasteiger partial charge >= 0.3 is 0 Å². The van der Waals surface area contributed by atoms with Gasteiger partial charge in [0.05, 0.1) is 11.2 Å². The molecule has 0 amide bonds. The lowest BCUT2D eigenvalue weighted by molar-refractivity contribution is 1.07. The van der Waals surface area contributed by atoms with E-state index >= 15 is 0 Å². The molecular weight excluding hydrogens is 264 g/mol. The summed E-state index contributed by atoms with van der Waals surface area (Å²) in [6.07, 6.45) is 0. The largest absolute Gasteiger partial charge is 0.338 e. The highest BCUT2D eigenvalue weighted by Crippen LogP contribution is 2.25. The fourth-order valence-corrected chi connectivity index (χ4v) is 2.18. The highest BCUT2D eigenvalue weighted by molar-refractivity contribution is 5.91. The first-order valence-electron chi connectivity index (χ1n) is 6.61. The summed E-state index contributed by atoms with van der Waals surface area (Å²) in [6.45, 7) is 3.86. The van der Waals surface area contributed by atoms with Crippen molar-refractivity contribution in [1.29, 1.82) is 0 Å². The van der Waals surface area contributed by atoms with Gasteiger partial charge in [-0.3, -0.25) is 10.4 Å². The molecule has 3 rings (SSSR count). The van der Waals surface area contributed by atoms with E-state index in [4.69, 9.17) is 5.84 Å². The van der Waals surface area contributed by atoms with Crippen LogP contribution in [0.3, 0.4) is 0 Å². The summed E-state index contributed by atoms with van der Waals surface area (Å²) in [5.74, 6) is 6.43. The molecule has 2 aromatic heterocycles. The molecular formula is C15H16N6. The lowest BCUT2D eigenvalue weighted by Gasteiger charge is -2.10. The number of anilines is 3. The number of nitrogen functional groups attached to an aromatic ring is 1. The summed E-state index contributed by atoms with van der Waals surface area (Å²) < 4.78 is 0. The van der Waals surface area contributed by atoms with Gasteiger partial charge in [-0.05, 0) is 26.0 Å². The molecule has 0 saturated carbocycles. The number of aromatic nitrogens is 3. The fraction of sp³-hybridized carbons (Fsp3) is 0.133. The van der Waals surface area contributed by atoms with E-state index in [2.05, 4.69) is 31.8 Å². The van der Waals surface area contributed by atoms with E-state index in [-0.39, 0.29) is 0 Å². The lowest BCUT2D eigenvalue weighted by Crippen LogP contribution is -2.12. The first-order chi connectivity index (χ1) is 10.2. The van der Waals surface area contributed by atoms with Crippen molar-refractivity contribution in [3.63, 3.8) is 0 Å². The first kappa shape index (κ1) is 13.3. The van der Waals surface area contributed by atoms with E-state index in [0.29, 0.717) is 11.8 Å². The number of hydrogen-bond acceptors (Lipinski definition) is 6. The molecule has 0 aliphatic heterocycles. The van der Waals surface area contributed by atoms with Crippen LogP contribution in [0.25, 0.3) is 10.9 Å². The lowest BCUT2D eigenvalue weighted by atomic mass is 10.1. The molecule has 1 aromatic carbocycles. The molecule has 0 aliphatic rings. The minimum Gasteiger partial charge on any atom is -0.338 e. The number of hydrogen-bond donors (Lipinski definition) is 3. The third kappa shape index (κ3) is 2.75. The monoisotopic (exact) mass is 280 g/mol. The van der Waals surface area contributed by atoms with Crippen LogP contribution >= 0.6 is 0 Å². The van der Waals surface area contributed by atoms with E-state index in [1.165, 1.54) is 0 Å². The van der Waals surface area contributed by atoms with E-state index in [0.717, 1.165) is 28.0 Å². The zero-order valence-corrected chi connectivity index (χ0v) is 11.9. The summed E-state index contributed by atoms with van der Waals surface area (Å²) >= 11 is 0. The Kier molecular flexibility index (Phi) is 3.37. The van der Waals surface area contributed by atoms with Gasteiger partial charge in [0.2, 0.25) is 5.95 Å². The van der Waals surface area contributed by atoms with Crippen molar-refractivity contribution in [2.45, 2.75) is 13.8 Å². The predicted octanol–water partition coefficient (Wildman–Crippen LogP) is 2.67. The number of para-hydroxylation sites is 1. The zero-order valence-electron chi connectivity index (χ0n) is 11.9. The quantitative estimate of drug-likeness (QED) is 0.505. The summed E-state index contributed by atoms with van der Waals surface area (Å²) in [7, 11) is 0. The molecule has 0 saturated heterocycles. The molecule has 21 heavy (non-hydrogen) atoms. The van der Waals surface area contributed by atoms with Crippen molar-refractivity contribution >= 4 is 28.4 Å². The Balaban J connectivity index is 2.05. The second-order valence-electron chi connectivity index (χ2n) is 4.82. The predicted molar refractivity (Wildman–Crippen MR) is 84.3 cm³/mol. The first-order valence-corrected chi connectivity index (χ1v) is 6.61. The Morgan fingerprint density at radius 3 is 2.62 bits per heavy atom. The van der Waals surface area contributed by atoms with Crippen LogP contribution in [0.2, 0.25) is 0 Å². The highest BCUT2D eigenvalue weighted by atomic mass is 15.3. The van der Waals surface area contributed by atoms with Crippen molar-refractivity contribution < 1.29 is 0 Å². The number of nitrogens with one attached hydrogen (secondary N) is 2.